The number of nitro benzene ring substituents is 1. The summed E-state index contributed by atoms with van der Waals surface area (Å²) in [6.07, 6.45) is 1.75. The molecule has 0 spiro atoms. The van der Waals surface area contributed by atoms with Crippen molar-refractivity contribution < 1.29 is 9.72 Å². The predicted molar refractivity (Wildman–Crippen MR) is 73.5 cm³/mol. The number of amides is 1. The Balaban J connectivity index is 2.76. The summed E-state index contributed by atoms with van der Waals surface area (Å²) in [4.78, 5) is 22.0. The fourth-order valence-electron chi connectivity index (χ4n) is 1.36. The largest absolute Gasteiger partial charge is 0.352 e. The summed E-state index contributed by atoms with van der Waals surface area (Å²) in [6.45, 7) is 0.490. The Hall–Kier alpha value is -1.14. The van der Waals surface area contributed by atoms with Crippen molar-refractivity contribution in [2.75, 3.05) is 11.9 Å². The van der Waals surface area contributed by atoms with Crippen molar-refractivity contribution in [1.29, 1.82) is 0 Å². The van der Waals surface area contributed by atoms with Crippen LogP contribution in [0.1, 0.15) is 23.2 Å². The topological polar surface area (TPSA) is 72.2 Å². The number of carbonyl (C=O) groups excluding carboxylic acids is 1. The number of nitrogens with zero attached hydrogens (tertiary/aromatic N) is 1. The van der Waals surface area contributed by atoms with Gasteiger partial charge in [-0.3, -0.25) is 14.9 Å². The second-order valence-corrected chi connectivity index (χ2v) is 4.80. The van der Waals surface area contributed by atoms with E-state index in [0.717, 1.165) is 18.2 Å². The van der Waals surface area contributed by atoms with E-state index in [1.165, 1.54) is 18.2 Å². The summed E-state index contributed by atoms with van der Waals surface area (Å²) in [5, 5.41) is 14.6. The number of rotatable bonds is 6. The van der Waals surface area contributed by atoms with Crippen LogP contribution in [0.4, 0.5) is 5.69 Å². The van der Waals surface area contributed by atoms with Crippen molar-refractivity contribution in [3.05, 3.63) is 38.9 Å². The van der Waals surface area contributed by atoms with Gasteiger partial charge in [0.2, 0.25) is 0 Å². The number of hydrogen-bond acceptors (Lipinski definition) is 3. The lowest BCUT2D eigenvalue weighted by molar-refractivity contribution is -0.385. The van der Waals surface area contributed by atoms with Crippen molar-refractivity contribution in [2.24, 2.45) is 0 Å². The van der Waals surface area contributed by atoms with Gasteiger partial charge in [0.05, 0.1) is 4.92 Å². The van der Waals surface area contributed by atoms with Gasteiger partial charge in [-0.25, -0.2) is 0 Å². The third-order valence-corrected chi connectivity index (χ3v) is 3.04. The maximum absolute atomic E-state index is 11.8. The number of nitrogens with one attached hydrogen (secondary N) is 1. The SMILES string of the molecule is O=C(NCCCCBr)c1ccc(Cl)cc1[N+](=O)[O-]. The Kier molecular flexibility index (Phi) is 6.07. The Morgan fingerprint density at radius 2 is 2.17 bits per heavy atom. The Morgan fingerprint density at radius 3 is 2.78 bits per heavy atom. The van der Waals surface area contributed by atoms with Crippen molar-refractivity contribution in [3.8, 4) is 0 Å². The lowest BCUT2D eigenvalue weighted by Gasteiger charge is -2.05. The highest BCUT2D eigenvalue weighted by Crippen LogP contribution is 2.23. The van der Waals surface area contributed by atoms with Gasteiger partial charge < -0.3 is 5.32 Å². The molecule has 0 aliphatic carbocycles. The molecule has 0 aliphatic heterocycles. The van der Waals surface area contributed by atoms with Gasteiger partial charge in [0.25, 0.3) is 11.6 Å². The molecule has 0 unspecified atom stereocenters. The molecule has 7 heteroatoms. The smallest absolute Gasteiger partial charge is 0.283 e. The van der Waals surface area contributed by atoms with E-state index < -0.39 is 10.8 Å². The normalized spacial score (nSPS) is 10.1. The van der Waals surface area contributed by atoms with E-state index in [9.17, 15) is 14.9 Å². The van der Waals surface area contributed by atoms with Gasteiger partial charge >= 0.3 is 0 Å². The van der Waals surface area contributed by atoms with Gasteiger partial charge in [-0.05, 0) is 25.0 Å². The standard InChI is InChI=1S/C11H12BrClN2O3/c12-5-1-2-6-14-11(16)9-4-3-8(13)7-10(9)15(17)18/h3-4,7H,1-2,5-6H2,(H,14,16). The second kappa shape index (κ2) is 7.33. The van der Waals surface area contributed by atoms with Crippen molar-refractivity contribution in [3.63, 3.8) is 0 Å². The van der Waals surface area contributed by atoms with Crippen molar-refractivity contribution in [2.45, 2.75) is 12.8 Å². The number of halogens is 2. The summed E-state index contributed by atoms with van der Waals surface area (Å²) in [6, 6.07) is 4.00. The van der Waals surface area contributed by atoms with E-state index in [1.807, 2.05) is 0 Å². The fourth-order valence-corrected chi connectivity index (χ4v) is 1.93. The van der Waals surface area contributed by atoms with Crippen LogP contribution in [0, 0.1) is 10.1 Å². The molecule has 0 saturated carbocycles. The van der Waals surface area contributed by atoms with Crippen LogP contribution in [-0.4, -0.2) is 22.7 Å². The van der Waals surface area contributed by atoms with E-state index in [2.05, 4.69) is 21.2 Å². The van der Waals surface area contributed by atoms with Crippen LogP contribution in [0.2, 0.25) is 5.02 Å². The Bertz CT molecular complexity index is 454. The minimum absolute atomic E-state index is 0.0308. The molecule has 1 aromatic rings. The zero-order valence-corrected chi connectivity index (χ0v) is 11.8. The Morgan fingerprint density at radius 1 is 1.44 bits per heavy atom. The molecule has 0 heterocycles. The Labute approximate surface area is 118 Å². The molecule has 0 atom stereocenters. The number of carbonyl (C=O) groups is 1. The molecule has 1 rings (SSSR count). The van der Waals surface area contributed by atoms with E-state index in [1.54, 1.807) is 0 Å². The molecule has 0 bridgehead atoms. The number of benzene rings is 1. The maximum atomic E-state index is 11.8. The quantitative estimate of drug-likeness (QED) is 0.376. The molecule has 5 nitrogen and oxygen atoms in total. The third kappa shape index (κ3) is 4.27. The van der Waals surface area contributed by atoms with Gasteiger partial charge in [-0.1, -0.05) is 27.5 Å². The average molecular weight is 336 g/mol. The summed E-state index contributed by atoms with van der Waals surface area (Å²) >= 11 is 8.95. The van der Waals surface area contributed by atoms with E-state index in [4.69, 9.17) is 11.6 Å². The second-order valence-electron chi connectivity index (χ2n) is 3.57. The number of hydrogen-bond donors (Lipinski definition) is 1. The molecular weight excluding hydrogens is 323 g/mol. The highest BCUT2D eigenvalue weighted by atomic mass is 79.9. The minimum Gasteiger partial charge on any atom is -0.352 e. The zero-order chi connectivity index (χ0) is 13.5. The monoisotopic (exact) mass is 334 g/mol. The van der Waals surface area contributed by atoms with E-state index in [0.29, 0.717) is 6.54 Å². The van der Waals surface area contributed by atoms with Crippen LogP contribution >= 0.6 is 27.5 Å². The number of alkyl halides is 1. The number of nitro groups is 1. The molecule has 98 valence electrons. The van der Waals surface area contributed by atoms with Gasteiger partial charge in [-0.2, -0.15) is 0 Å². The van der Waals surface area contributed by atoms with Gasteiger partial charge in [0.1, 0.15) is 5.56 Å². The summed E-state index contributed by atoms with van der Waals surface area (Å²) in [5.41, 5.74) is -0.247. The predicted octanol–water partition coefficient (Wildman–Crippen LogP) is 3.15. The lowest BCUT2D eigenvalue weighted by atomic mass is 10.1. The molecule has 0 radical (unpaired) electrons. The highest BCUT2D eigenvalue weighted by Gasteiger charge is 2.19. The summed E-state index contributed by atoms with van der Waals surface area (Å²) in [5.74, 6) is -0.451. The van der Waals surface area contributed by atoms with Crippen LogP contribution < -0.4 is 5.32 Å². The molecule has 0 saturated heterocycles. The highest BCUT2D eigenvalue weighted by molar-refractivity contribution is 9.09. The van der Waals surface area contributed by atoms with Crippen LogP contribution in [0.25, 0.3) is 0 Å². The van der Waals surface area contributed by atoms with Crippen LogP contribution in [0.5, 0.6) is 0 Å². The first-order valence-corrected chi connectivity index (χ1v) is 6.84. The van der Waals surface area contributed by atoms with Crippen molar-refractivity contribution in [1.82, 2.24) is 5.32 Å². The molecule has 0 fully saturated rings. The number of unbranched alkanes of at least 4 members (excludes halogenated alkanes) is 1. The first-order valence-electron chi connectivity index (χ1n) is 5.34. The van der Waals surface area contributed by atoms with E-state index >= 15 is 0 Å². The van der Waals surface area contributed by atoms with Crippen LogP contribution in [0.15, 0.2) is 18.2 Å². The fraction of sp³-hybridized carbons (Fsp3) is 0.364. The van der Waals surface area contributed by atoms with Crippen molar-refractivity contribution >= 4 is 39.1 Å². The molecule has 0 aromatic heterocycles. The van der Waals surface area contributed by atoms with Crippen LogP contribution in [0.3, 0.4) is 0 Å². The zero-order valence-electron chi connectivity index (χ0n) is 9.49. The minimum atomic E-state index is -0.612. The van der Waals surface area contributed by atoms with Crippen LogP contribution in [-0.2, 0) is 0 Å². The maximum Gasteiger partial charge on any atom is 0.283 e. The van der Waals surface area contributed by atoms with Gasteiger partial charge in [0.15, 0.2) is 0 Å². The average Bonchev–Trinajstić information content (AvgIpc) is 2.34. The third-order valence-electron chi connectivity index (χ3n) is 2.25. The molecule has 1 amide bonds. The lowest BCUT2D eigenvalue weighted by Crippen LogP contribution is -2.25. The molecular formula is C11H12BrClN2O3. The molecule has 1 N–H and O–H groups in total. The first kappa shape index (κ1) is 14.9. The summed E-state index contributed by atoms with van der Waals surface area (Å²) in [7, 11) is 0. The van der Waals surface area contributed by atoms with E-state index in [-0.39, 0.29) is 16.3 Å². The van der Waals surface area contributed by atoms with Gasteiger partial charge in [0, 0.05) is 23.0 Å². The molecule has 0 aliphatic rings. The summed E-state index contributed by atoms with van der Waals surface area (Å²) < 4.78 is 0. The van der Waals surface area contributed by atoms with Gasteiger partial charge in [-0.15, -0.1) is 0 Å². The molecule has 1 aromatic carbocycles. The molecule has 18 heavy (non-hydrogen) atoms. The first-order chi connectivity index (χ1) is 8.56.